The molecular formula is C16H17NO2S. The van der Waals surface area contributed by atoms with Gasteiger partial charge in [0, 0.05) is 11.0 Å². The summed E-state index contributed by atoms with van der Waals surface area (Å²) in [5.41, 5.74) is 1.09. The topological polar surface area (TPSA) is 42.2 Å². The zero-order chi connectivity index (χ0) is 14.4. The Morgan fingerprint density at radius 1 is 1.30 bits per heavy atom. The van der Waals surface area contributed by atoms with Gasteiger partial charge in [-0.1, -0.05) is 12.1 Å². The molecule has 1 amide bonds. The third-order valence-electron chi connectivity index (χ3n) is 2.92. The van der Waals surface area contributed by atoms with Crippen molar-refractivity contribution >= 4 is 23.7 Å². The lowest BCUT2D eigenvalue weighted by molar-refractivity contribution is -0.117. The fraction of sp³-hybridized carbons (Fsp3) is 0.188. The molecule has 1 atom stereocenters. The lowest BCUT2D eigenvalue weighted by Crippen LogP contribution is -2.24. The third-order valence-corrected chi connectivity index (χ3v) is 3.66. The van der Waals surface area contributed by atoms with E-state index in [1.54, 1.807) is 36.2 Å². The highest BCUT2D eigenvalue weighted by atomic mass is 32.2. The Morgan fingerprint density at radius 2 is 2.05 bits per heavy atom. The van der Waals surface area contributed by atoms with Gasteiger partial charge in [0.2, 0.25) is 5.91 Å². The normalized spacial score (nSPS) is 12.5. The van der Waals surface area contributed by atoms with Crippen molar-refractivity contribution in [2.75, 3.05) is 6.26 Å². The molecular weight excluding hydrogens is 270 g/mol. The molecule has 20 heavy (non-hydrogen) atoms. The van der Waals surface area contributed by atoms with E-state index in [1.165, 1.54) is 11.0 Å². The van der Waals surface area contributed by atoms with Gasteiger partial charge in [0.25, 0.3) is 0 Å². The maximum Gasteiger partial charge on any atom is 0.244 e. The first-order chi connectivity index (χ1) is 9.69. The zero-order valence-corrected chi connectivity index (χ0v) is 12.3. The average Bonchev–Trinajstić information content (AvgIpc) is 2.98. The lowest BCUT2D eigenvalue weighted by Gasteiger charge is -2.13. The van der Waals surface area contributed by atoms with Crippen LogP contribution in [0.2, 0.25) is 0 Å². The van der Waals surface area contributed by atoms with Gasteiger partial charge in [-0.25, -0.2) is 0 Å². The SMILES string of the molecule is CSc1ccc(C(C)NC(=O)/C=C/c2ccco2)cc1. The van der Waals surface area contributed by atoms with Gasteiger partial charge in [-0.2, -0.15) is 0 Å². The number of carbonyl (C=O) groups is 1. The van der Waals surface area contributed by atoms with Crippen LogP contribution in [0.15, 0.2) is 58.1 Å². The molecule has 0 fully saturated rings. The smallest absolute Gasteiger partial charge is 0.244 e. The lowest BCUT2D eigenvalue weighted by atomic mass is 10.1. The summed E-state index contributed by atoms with van der Waals surface area (Å²) in [7, 11) is 0. The van der Waals surface area contributed by atoms with Crippen molar-refractivity contribution in [2.45, 2.75) is 17.9 Å². The summed E-state index contributed by atoms with van der Waals surface area (Å²) in [6.45, 7) is 1.97. The summed E-state index contributed by atoms with van der Waals surface area (Å²) in [5, 5.41) is 2.92. The number of thioether (sulfide) groups is 1. The first kappa shape index (κ1) is 14.5. The van der Waals surface area contributed by atoms with Crippen LogP contribution in [0.1, 0.15) is 24.3 Å². The number of carbonyl (C=O) groups excluding carboxylic acids is 1. The van der Waals surface area contributed by atoms with Gasteiger partial charge in [-0.15, -0.1) is 11.8 Å². The van der Waals surface area contributed by atoms with Gasteiger partial charge in [0.15, 0.2) is 0 Å². The first-order valence-electron chi connectivity index (χ1n) is 6.35. The van der Waals surface area contributed by atoms with E-state index in [2.05, 4.69) is 17.4 Å². The number of furan rings is 1. The van der Waals surface area contributed by atoms with Crippen molar-refractivity contribution in [3.8, 4) is 0 Å². The Bertz CT molecular complexity index is 573. The maximum atomic E-state index is 11.8. The summed E-state index contributed by atoms with van der Waals surface area (Å²) in [6.07, 6.45) is 6.75. The van der Waals surface area contributed by atoms with Crippen LogP contribution in [-0.4, -0.2) is 12.2 Å². The summed E-state index contributed by atoms with van der Waals surface area (Å²) < 4.78 is 5.13. The third kappa shape index (κ3) is 4.03. The monoisotopic (exact) mass is 287 g/mol. The molecule has 0 radical (unpaired) electrons. The summed E-state index contributed by atoms with van der Waals surface area (Å²) in [6, 6.07) is 11.7. The predicted octanol–water partition coefficient (Wildman–Crippen LogP) is 3.89. The first-order valence-corrected chi connectivity index (χ1v) is 7.57. The second-order valence-corrected chi connectivity index (χ2v) is 5.23. The van der Waals surface area contributed by atoms with Crippen molar-refractivity contribution in [1.82, 2.24) is 5.32 Å². The second kappa shape index (κ2) is 7.01. The van der Waals surface area contributed by atoms with Crippen LogP contribution in [0.3, 0.4) is 0 Å². The van der Waals surface area contributed by atoms with Crippen molar-refractivity contribution < 1.29 is 9.21 Å². The minimum Gasteiger partial charge on any atom is -0.465 e. The molecule has 1 aromatic heterocycles. The number of nitrogens with one attached hydrogen (secondary N) is 1. The molecule has 1 unspecified atom stereocenters. The van der Waals surface area contributed by atoms with Gasteiger partial charge in [-0.05, 0) is 49.1 Å². The van der Waals surface area contributed by atoms with Crippen LogP contribution in [0.5, 0.6) is 0 Å². The molecule has 0 aliphatic heterocycles. The van der Waals surface area contributed by atoms with E-state index < -0.39 is 0 Å². The Kier molecular flexibility index (Phi) is 5.07. The van der Waals surface area contributed by atoms with Crippen molar-refractivity contribution in [1.29, 1.82) is 0 Å². The molecule has 2 aromatic rings. The highest BCUT2D eigenvalue weighted by molar-refractivity contribution is 7.98. The summed E-state index contributed by atoms with van der Waals surface area (Å²) >= 11 is 1.70. The highest BCUT2D eigenvalue weighted by Crippen LogP contribution is 2.18. The molecule has 3 nitrogen and oxygen atoms in total. The van der Waals surface area contributed by atoms with Crippen molar-refractivity contribution in [3.63, 3.8) is 0 Å². The zero-order valence-electron chi connectivity index (χ0n) is 11.5. The Balaban J connectivity index is 1.92. The molecule has 1 aromatic carbocycles. The molecule has 0 bridgehead atoms. The molecule has 0 spiro atoms. The van der Waals surface area contributed by atoms with E-state index in [4.69, 9.17) is 4.42 Å². The van der Waals surface area contributed by atoms with Crippen LogP contribution < -0.4 is 5.32 Å². The molecule has 2 rings (SSSR count). The van der Waals surface area contributed by atoms with Gasteiger partial charge in [-0.3, -0.25) is 4.79 Å². The Hall–Kier alpha value is -1.94. The molecule has 4 heteroatoms. The van der Waals surface area contributed by atoms with E-state index in [0.29, 0.717) is 5.76 Å². The standard InChI is InChI=1S/C16H17NO2S/c1-12(13-5-8-15(20-2)9-6-13)17-16(18)10-7-14-4-3-11-19-14/h3-12H,1-2H3,(H,17,18)/b10-7+. The van der Waals surface area contributed by atoms with E-state index in [1.807, 2.05) is 25.3 Å². The molecule has 1 N–H and O–H groups in total. The average molecular weight is 287 g/mol. The summed E-state index contributed by atoms with van der Waals surface area (Å²) in [4.78, 5) is 13.0. The van der Waals surface area contributed by atoms with Crippen molar-refractivity contribution in [3.05, 3.63) is 60.1 Å². The van der Waals surface area contributed by atoms with Gasteiger partial charge in [0.05, 0.1) is 12.3 Å². The maximum absolute atomic E-state index is 11.8. The number of hydrogen-bond acceptors (Lipinski definition) is 3. The fourth-order valence-electron chi connectivity index (χ4n) is 1.78. The molecule has 1 heterocycles. The van der Waals surface area contributed by atoms with E-state index >= 15 is 0 Å². The fourth-order valence-corrected chi connectivity index (χ4v) is 2.19. The predicted molar refractivity (Wildman–Crippen MR) is 82.5 cm³/mol. The van der Waals surface area contributed by atoms with E-state index in [0.717, 1.165) is 5.56 Å². The van der Waals surface area contributed by atoms with E-state index in [-0.39, 0.29) is 11.9 Å². The number of benzene rings is 1. The molecule has 0 aliphatic rings. The summed E-state index contributed by atoms with van der Waals surface area (Å²) in [5.74, 6) is 0.528. The van der Waals surface area contributed by atoms with Crippen LogP contribution >= 0.6 is 11.8 Å². The molecule has 104 valence electrons. The second-order valence-electron chi connectivity index (χ2n) is 4.35. The Morgan fingerprint density at radius 3 is 2.65 bits per heavy atom. The number of rotatable bonds is 5. The van der Waals surface area contributed by atoms with Crippen LogP contribution in [-0.2, 0) is 4.79 Å². The van der Waals surface area contributed by atoms with Gasteiger partial charge < -0.3 is 9.73 Å². The largest absolute Gasteiger partial charge is 0.465 e. The van der Waals surface area contributed by atoms with Crippen LogP contribution in [0.4, 0.5) is 0 Å². The van der Waals surface area contributed by atoms with Gasteiger partial charge in [0.1, 0.15) is 5.76 Å². The van der Waals surface area contributed by atoms with Crippen molar-refractivity contribution in [2.24, 2.45) is 0 Å². The minimum atomic E-state index is -0.136. The number of amides is 1. The van der Waals surface area contributed by atoms with Crippen LogP contribution in [0.25, 0.3) is 6.08 Å². The number of hydrogen-bond donors (Lipinski definition) is 1. The minimum absolute atomic E-state index is 0.0281. The molecule has 0 aliphatic carbocycles. The van der Waals surface area contributed by atoms with Crippen LogP contribution in [0, 0.1) is 0 Å². The quantitative estimate of drug-likeness (QED) is 0.670. The van der Waals surface area contributed by atoms with Gasteiger partial charge >= 0.3 is 0 Å². The Labute approximate surface area is 123 Å². The van der Waals surface area contributed by atoms with E-state index in [9.17, 15) is 4.79 Å². The molecule has 0 saturated heterocycles. The highest BCUT2D eigenvalue weighted by Gasteiger charge is 2.07. The molecule has 0 saturated carbocycles.